The van der Waals surface area contributed by atoms with Crippen LogP contribution in [0, 0.1) is 5.92 Å². The van der Waals surface area contributed by atoms with Gasteiger partial charge in [0.2, 0.25) is 0 Å². The van der Waals surface area contributed by atoms with E-state index < -0.39 is 6.10 Å². The van der Waals surface area contributed by atoms with Crippen molar-refractivity contribution in [3.05, 3.63) is 36.2 Å². The molecular weight excluding hydrogens is 212 g/mol. The van der Waals surface area contributed by atoms with E-state index in [0.717, 1.165) is 29.4 Å². The first-order chi connectivity index (χ1) is 8.22. The summed E-state index contributed by atoms with van der Waals surface area (Å²) in [5.41, 5.74) is 2.54. The number of hydrogen-bond acceptors (Lipinski definition) is 3. The van der Waals surface area contributed by atoms with Crippen molar-refractivity contribution in [2.75, 3.05) is 0 Å². The lowest BCUT2D eigenvalue weighted by atomic mass is 9.95. The Morgan fingerprint density at radius 3 is 2.76 bits per heavy atom. The van der Waals surface area contributed by atoms with Crippen LogP contribution in [0.3, 0.4) is 0 Å². The Morgan fingerprint density at radius 2 is 2.00 bits per heavy atom. The van der Waals surface area contributed by atoms with Crippen LogP contribution in [0.15, 0.2) is 30.6 Å². The molecule has 2 aromatic rings. The summed E-state index contributed by atoms with van der Waals surface area (Å²) in [4.78, 5) is 8.56. The van der Waals surface area contributed by atoms with E-state index in [1.807, 2.05) is 18.2 Å². The Morgan fingerprint density at radius 1 is 1.24 bits per heavy atom. The van der Waals surface area contributed by atoms with E-state index in [2.05, 4.69) is 23.8 Å². The maximum Gasteiger partial charge on any atom is 0.0944 e. The van der Waals surface area contributed by atoms with E-state index in [0.29, 0.717) is 5.92 Å². The first kappa shape index (κ1) is 12.0. The molecule has 2 unspecified atom stereocenters. The second-order valence-electron chi connectivity index (χ2n) is 4.54. The van der Waals surface area contributed by atoms with Crippen LogP contribution in [0.4, 0.5) is 0 Å². The van der Waals surface area contributed by atoms with Crippen molar-refractivity contribution in [3.8, 4) is 0 Å². The van der Waals surface area contributed by atoms with Crippen molar-refractivity contribution in [1.29, 1.82) is 0 Å². The SMILES string of the molecule is CCC(C)CC(O)c1cccc2nccnc12. The van der Waals surface area contributed by atoms with Crippen LogP contribution in [-0.2, 0) is 0 Å². The molecule has 0 fully saturated rings. The van der Waals surface area contributed by atoms with Crippen LogP contribution in [0.5, 0.6) is 0 Å². The number of aliphatic hydroxyl groups is 1. The van der Waals surface area contributed by atoms with Crippen molar-refractivity contribution in [2.24, 2.45) is 5.92 Å². The Hall–Kier alpha value is -1.48. The highest BCUT2D eigenvalue weighted by atomic mass is 16.3. The van der Waals surface area contributed by atoms with Crippen molar-refractivity contribution >= 4 is 11.0 Å². The average molecular weight is 230 g/mol. The predicted octanol–water partition coefficient (Wildman–Crippen LogP) is 3.10. The second-order valence-corrected chi connectivity index (χ2v) is 4.54. The summed E-state index contributed by atoms with van der Waals surface area (Å²) < 4.78 is 0. The summed E-state index contributed by atoms with van der Waals surface area (Å²) in [5.74, 6) is 0.511. The monoisotopic (exact) mass is 230 g/mol. The number of aliphatic hydroxyl groups excluding tert-OH is 1. The van der Waals surface area contributed by atoms with E-state index in [1.54, 1.807) is 12.4 Å². The van der Waals surface area contributed by atoms with Crippen molar-refractivity contribution in [2.45, 2.75) is 32.8 Å². The molecule has 0 bridgehead atoms. The van der Waals surface area contributed by atoms with Gasteiger partial charge in [-0.25, -0.2) is 0 Å². The van der Waals surface area contributed by atoms with Gasteiger partial charge < -0.3 is 5.11 Å². The summed E-state index contributed by atoms with van der Waals surface area (Å²) in [5, 5.41) is 10.3. The first-order valence-electron chi connectivity index (χ1n) is 6.10. The molecule has 0 aliphatic heterocycles. The third-order valence-corrected chi connectivity index (χ3v) is 3.21. The lowest BCUT2D eigenvalue weighted by Crippen LogP contribution is -2.05. The molecule has 0 amide bonds. The number of aromatic nitrogens is 2. The number of benzene rings is 1. The summed E-state index contributed by atoms with van der Waals surface area (Å²) >= 11 is 0. The van der Waals surface area contributed by atoms with Gasteiger partial charge in [-0.15, -0.1) is 0 Å². The second kappa shape index (κ2) is 5.23. The highest BCUT2D eigenvalue weighted by Crippen LogP contribution is 2.26. The topological polar surface area (TPSA) is 46.0 Å². The number of hydrogen-bond donors (Lipinski definition) is 1. The average Bonchev–Trinajstić information content (AvgIpc) is 2.37. The van der Waals surface area contributed by atoms with Crippen molar-refractivity contribution in [3.63, 3.8) is 0 Å². The third-order valence-electron chi connectivity index (χ3n) is 3.21. The molecule has 0 saturated heterocycles. The molecule has 0 saturated carbocycles. The maximum absolute atomic E-state index is 10.3. The van der Waals surface area contributed by atoms with E-state index in [4.69, 9.17) is 0 Å². The van der Waals surface area contributed by atoms with Crippen molar-refractivity contribution in [1.82, 2.24) is 9.97 Å². The van der Waals surface area contributed by atoms with Crippen LogP contribution >= 0.6 is 0 Å². The number of para-hydroxylation sites is 1. The smallest absolute Gasteiger partial charge is 0.0944 e. The molecule has 1 aromatic carbocycles. The molecule has 17 heavy (non-hydrogen) atoms. The van der Waals surface area contributed by atoms with Crippen LogP contribution in [-0.4, -0.2) is 15.1 Å². The highest BCUT2D eigenvalue weighted by molar-refractivity contribution is 5.77. The van der Waals surface area contributed by atoms with Crippen molar-refractivity contribution < 1.29 is 5.11 Å². The molecule has 0 radical (unpaired) electrons. The zero-order valence-electron chi connectivity index (χ0n) is 10.3. The van der Waals surface area contributed by atoms with Gasteiger partial charge in [0, 0.05) is 18.0 Å². The highest BCUT2D eigenvalue weighted by Gasteiger charge is 2.14. The largest absolute Gasteiger partial charge is 0.388 e. The molecule has 2 rings (SSSR count). The van der Waals surface area contributed by atoms with E-state index in [9.17, 15) is 5.11 Å². The van der Waals surface area contributed by atoms with Crippen LogP contribution in [0.2, 0.25) is 0 Å². The van der Waals surface area contributed by atoms with Gasteiger partial charge in [-0.1, -0.05) is 32.4 Å². The number of rotatable bonds is 4. The Balaban J connectivity index is 2.34. The quantitative estimate of drug-likeness (QED) is 0.877. The van der Waals surface area contributed by atoms with Crippen LogP contribution in [0.1, 0.15) is 38.4 Å². The summed E-state index contributed by atoms with van der Waals surface area (Å²) in [6.45, 7) is 4.29. The fraction of sp³-hybridized carbons (Fsp3) is 0.429. The summed E-state index contributed by atoms with van der Waals surface area (Å²) in [6, 6.07) is 5.78. The van der Waals surface area contributed by atoms with E-state index in [-0.39, 0.29) is 0 Å². The number of fused-ring (bicyclic) bond motifs is 1. The summed E-state index contributed by atoms with van der Waals surface area (Å²) in [6.07, 6.45) is 4.74. The third kappa shape index (κ3) is 2.61. The summed E-state index contributed by atoms with van der Waals surface area (Å²) in [7, 11) is 0. The van der Waals surface area contributed by atoms with Gasteiger partial charge in [-0.2, -0.15) is 0 Å². The molecule has 90 valence electrons. The predicted molar refractivity (Wildman–Crippen MR) is 68.6 cm³/mol. The van der Waals surface area contributed by atoms with Gasteiger partial charge >= 0.3 is 0 Å². The zero-order valence-corrected chi connectivity index (χ0v) is 10.3. The zero-order chi connectivity index (χ0) is 12.3. The van der Waals surface area contributed by atoms with Gasteiger partial charge in [0.25, 0.3) is 0 Å². The minimum absolute atomic E-state index is 0.453. The van der Waals surface area contributed by atoms with Gasteiger partial charge in [0.1, 0.15) is 0 Å². The molecular formula is C14H18N2O. The Labute approximate surface area is 102 Å². The normalized spacial score (nSPS) is 14.8. The maximum atomic E-state index is 10.3. The van der Waals surface area contributed by atoms with E-state index >= 15 is 0 Å². The van der Waals surface area contributed by atoms with Crippen LogP contribution < -0.4 is 0 Å². The minimum Gasteiger partial charge on any atom is -0.388 e. The lowest BCUT2D eigenvalue weighted by molar-refractivity contribution is 0.147. The first-order valence-corrected chi connectivity index (χ1v) is 6.10. The molecule has 0 spiro atoms. The van der Waals surface area contributed by atoms with Crippen LogP contribution in [0.25, 0.3) is 11.0 Å². The molecule has 1 heterocycles. The fourth-order valence-corrected chi connectivity index (χ4v) is 1.96. The van der Waals surface area contributed by atoms with Gasteiger partial charge in [0.15, 0.2) is 0 Å². The molecule has 3 nitrogen and oxygen atoms in total. The Bertz CT molecular complexity index is 493. The van der Waals surface area contributed by atoms with Gasteiger partial charge in [-0.05, 0) is 18.4 Å². The standard InChI is InChI=1S/C14H18N2O/c1-3-10(2)9-13(17)11-5-4-6-12-14(11)16-8-7-15-12/h4-8,10,13,17H,3,9H2,1-2H3. The molecule has 0 aliphatic carbocycles. The number of nitrogens with zero attached hydrogens (tertiary/aromatic N) is 2. The molecule has 3 heteroatoms. The van der Waals surface area contributed by atoms with Gasteiger partial charge in [-0.3, -0.25) is 9.97 Å². The molecule has 2 atom stereocenters. The molecule has 1 N–H and O–H groups in total. The lowest BCUT2D eigenvalue weighted by Gasteiger charge is -2.16. The van der Waals surface area contributed by atoms with E-state index in [1.165, 1.54) is 0 Å². The van der Waals surface area contributed by atoms with Gasteiger partial charge in [0.05, 0.1) is 17.1 Å². The Kier molecular flexibility index (Phi) is 3.69. The minimum atomic E-state index is -0.453. The molecule has 0 aliphatic rings. The fourth-order valence-electron chi connectivity index (χ4n) is 1.96. The molecule has 1 aromatic heterocycles.